The normalized spacial score (nSPS) is 13.2. The number of carbonyl (C=O) groups excluding carboxylic acids is 2. The van der Waals surface area contributed by atoms with Gasteiger partial charge < -0.3 is 9.47 Å². The molecule has 0 aliphatic heterocycles. The van der Waals surface area contributed by atoms with Gasteiger partial charge in [-0.15, -0.1) is 0 Å². The highest BCUT2D eigenvalue weighted by molar-refractivity contribution is 8.00. The van der Waals surface area contributed by atoms with Crippen molar-refractivity contribution in [2.24, 2.45) is 5.92 Å². The highest BCUT2D eigenvalue weighted by Crippen LogP contribution is 2.28. The van der Waals surface area contributed by atoms with Gasteiger partial charge in [-0.25, -0.2) is 0 Å². The third kappa shape index (κ3) is 10.6. The van der Waals surface area contributed by atoms with Gasteiger partial charge in [-0.1, -0.05) is 20.8 Å². The SMILES string of the molecule is CC(C)(C)OC(=O)C(CSC(C)(C)C)C(=O)OC(C)(C)C. The zero-order valence-corrected chi connectivity index (χ0v) is 15.6. The summed E-state index contributed by atoms with van der Waals surface area (Å²) in [7, 11) is 0. The second kappa shape index (κ2) is 7.03. The van der Waals surface area contributed by atoms with Gasteiger partial charge in [-0.2, -0.15) is 11.8 Å². The zero-order valence-electron chi connectivity index (χ0n) is 14.8. The Balaban J connectivity index is 5.00. The molecule has 5 heteroatoms. The van der Waals surface area contributed by atoms with Crippen LogP contribution in [0.3, 0.4) is 0 Å². The van der Waals surface area contributed by atoms with E-state index in [9.17, 15) is 9.59 Å². The fourth-order valence-corrected chi connectivity index (χ4v) is 2.25. The van der Waals surface area contributed by atoms with Crippen LogP contribution in [0, 0.1) is 5.92 Å². The molecule has 0 N–H and O–H groups in total. The predicted molar refractivity (Wildman–Crippen MR) is 87.4 cm³/mol. The summed E-state index contributed by atoms with van der Waals surface area (Å²) in [5, 5.41) is 0. The topological polar surface area (TPSA) is 52.6 Å². The second-order valence-corrected chi connectivity index (χ2v) is 9.89. The number of carbonyl (C=O) groups is 2. The van der Waals surface area contributed by atoms with Crippen LogP contribution in [0.25, 0.3) is 0 Å². The molecule has 0 heterocycles. The highest BCUT2D eigenvalue weighted by atomic mass is 32.2. The Morgan fingerprint density at radius 1 is 0.810 bits per heavy atom. The van der Waals surface area contributed by atoms with Crippen molar-refractivity contribution >= 4 is 23.7 Å². The molecular weight excluding hydrogens is 288 g/mol. The third-order valence-corrected chi connectivity index (χ3v) is 3.43. The van der Waals surface area contributed by atoms with Crippen LogP contribution in [0.15, 0.2) is 0 Å². The molecule has 21 heavy (non-hydrogen) atoms. The van der Waals surface area contributed by atoms with Crippen molar-refractivity contribution in [1.29, 1.82) is 0 Å². The first-order valence-corrected chi connectivity index (χ1v) is 8.19. The van der Waals surface area contributed by atoms with Gasteiger partial charge in [0.1, 0.15) is 11.2 Å². The summed E-state index contributed by atoms with van der Waals surface area (Å²) >= 11 is 1.55. The van der Waals surface area contributed by atoms with E-state index in [1.54, 1.807) is 53.3 Å². The molecule has 0 rings (SSSR count). The summed E-state index contributed by atoms with van der Waals surface area (Å²) in [6.07, 6.45) is 0. The first-order valence-electron chi connectivity index (χ1n) is 7.20. The van der Waals surface area contributed by atoms with Gasteiger partial charge in [0.25, 0.3) is 0 Å². The van der Waals surface area contributed by atoms with Crippen LogP contribution in [0.5, 0.6) is 0 Å². The molecule has 0 aromatic rings. The van der Waals surface area contributed by atoms with Crippen LogP contribution in [0.1, 0.15) is 62.3 Å². The number of ether oxygens (including phenoxy) is 2. The molecule has 0 radical (unpaired) electrons. The lowest BCUT2D eigenvalue weighted by atomic mass is 10.1. The van der Waals surface area contributed by atoms with E-state index in [0.717, 1.165) is 0 Å². The Bertz CT molecular complexity index is 341. The molecule has 0 unspecified atom stereocenters. The van der Waals surface area contributed by atoms with Crippen LogP contribution in [-0.2, 0) is 19.1 Å². The van der Waals surface area contributed by atoms with Gasteiger partial charge in [0.15, 0.2) is 5.92 Å². The summed E-state index contributed by atoms with van der Waals surface area (Å²) < 4.78 is 10.7. The molecule has 124 valence electrons. The molecule has 0 saturated carbocycles. The summed E-state index contributed by atoms with van der Waals surface area (Å²) in [5.74, 6) is -1.58. The van der Waals surface area contributed by atoms with Gasteiger partial charge in [-0.3, -0.25) is 9.59 Å². The van der Waals surface area contributed by atoms with Crippen LogP contribution < -0.4 is 0 Å². The van der Waals surface area contributed by atoms with Crippen molar-refractivity contribution in [3.8, 4) is 0 Å². The third-order valence-electron chi connectivity index (χ3n) is 2.07. The Labute approximate surface area is 133 Å². The van der Waals surface area contributed by atoms with Crippen molar-refractivity contribution in [2.75, 3.05) is 5.75 Å². The van der Waals surface area contributed by atoms with Crippen LogP contribution in [-0.4, -0.2) is 33.6 Å². The molecule has 4 nitrogen and oxygen atoms in total. The molecule has 0 atom stereocenters. The summed E-state index contributed by atoms with van der Waals surface area (Å²) in [6, 6.07) is 0. The number of rotatable bonds is 4. The van der Waals surface area contributed by atoms with Crippen LogP contribution >= 0.6 is 11.8 Å². The maximum Gasteiger partial charge on any atom is 0.321 e. The van der Waals surface area contributed by atoms with Gasteiger partial charge in [0.2, 0.25) is 0 Å². The Morgan fingerprint density at radius 2 is 1.14 bits per heavy atom. The largest absolute Gasteiger partial charge is 0.459 e. The Hall–Kier alpha value is -0.710. The molecule has 0 saturated heterocycles. The molecule has 0 spiro atoms. The highest BCUT2D eigenvalue weighted by Gasteiger charge is 2.35. The van der Waals surface area contributed by atoms with Crippen molar-refractivity contribution in [1.82, 2.24) is 0 Å². The second-order valence-electron chi connectivity index (χ2n) is 8.04. The minimum absolute atomic E-state index is 0.0394. The van der Waals surface area contributed by atoms with Gasteiger partial charge in [0, 0.05) is 10.5 Å². The van der Waals surface area contributed by atoms with Gasteiger partial charge in [-0.05, 0) is 41.5 Å². The minimum Gasteiger partial charge on any atom is -0.459 e. The average molecular weight is 318 g/mol. The van der Waals surface area contributed by atoms with Crippen molar-refractivity contribution in [2.45, 2.75) is 78.3 Å². The molecule has 0 aromatic heterocycles. The van der Waals surface area contributed by atoms with E-state index in [4.69, 9.17) is 9.47 Å². The van der Waals surface area contributed by atoms with E-state index in [-0.39, 0.29) is 4.75 Å². The minimum atomic E-state index is -0.896. The Morgan fingerprint density at radius 3 is 1.38 bits per heavy atom. The van der Waals surface area contributed by atoms with Crippen molar-refractivity contribution in [3.63, 3.8) is 0 Å². The number of hydrogen-bond acceptors (Lipinski definition) is 5. The average Bonchev–Trinajstić information content (AvgIpc) is 2.08. The number of hydrogen-bond donors (Lipinski definition) is 0. The lowest BCUT2D eigenvalue weighted by Gasteiger charge is -2.27. The maximum absolute atomic E-state index is 12.3. The van der Waals surface area contributed by atoms with Gasteiger partial charge in [0.05, 0.1) is 0 Å². The number of thioether (sulfide) groups is 1. The van der Waals surface area contributed by atoms with Crippen molar-refractivity contribution in [3.05, 3.63) is 0 Å². The van der Waals surface area contributed by atoms with Gasteiger partial charge >= 0.3 is 11.9 Å². The van der Waals surface area contributed by atoms with E-state index in [0.29, 0.717) is 5.75 Å². The maximum atomic E-state index is 12.3. The van der Waals surface area contributed by atoms with E-state index >= 15 is 0 Å². The van der Waals surface area contributed by atoms with Crippen LogP contribution in [0.4, 0.5) is 0 Å². The van der Waals surface area contributed by atoms with E-state index in [1.165, 1.54) is 0 Å². The number of esters is 2. The molecule has 0 amide bonds. The predicted octanol–water partition coefficient (Wildman–Crippen LogP) is 3.82. The summed E-state index contributed by atoms with van der Waals surface area (Å²) in [4.78, 5) is 24.5. The van der Waals surface area contributed by atoms with Crippen LogP contribution in [0.2, 0.25) is 0 Å². The summed E-state index contributed by atoms with van der Waals surface area (Å²) in [5.41, 5.74) is -1.24. The van der Waals surface area contributed by atoms with E-state index in [2.05, 4.69) is 0 Å². The molecule has 0 aliphatic carbocycles. The first-order chi connectivity index (χ1) is 9.11. The smallest absolute Gasteiger partial charge is 0.321 e. The van der Waals surface area contributed by atoms with E-state index in [1.807, 2.05) is 20.8 Å². The summed E-state index contributed by atoms with van der Waals surface area (Å²) in [6.45, 7) is 16.8. The molecule has 0 fully saturated rings. The molecule has 0 aliphatic rings. The first kappa shape index (κ1) is 20.3. The standard InChI is InChI=1S/C16H30O4S/c1-14(2,3)19-12(17)11(10-21-16(7,8)9)13(18)20-15(4,5)6/h11H,10H2,1-9H3. The zero-order chi connectivity index (χ0) is 17.1. The molecular formula is C16H30O4S. The quantitative estimate of drug-likeness (QED) is 0.582. The lowest BCUT2D eigenvalue weighted by Crippen LogP contribution is -2.38. The lowest BCUT2D eigenvalue weighted by molar-refractivity contribution is -0.173. The monoisotopic (exact) mass is 318 g/mol. The molecule has 0 bridgehead atoms. The van der Waals surface area contributed by atoms with E-state index < -0.39 is 29.1 Å². The fourth-order valence-electron chi connectivity index (χ4n) is 1.31. The Kier molecular flexibility index (Phi) is 6.80. The molecule has 0 aromatic carbocycles. The van der Waals surface area contributed by atoms with Crippen molar-refractivity contribution < 1.29 is 19.1 Å². The fraction of sp³-hybridized carbons (Fsp3) is 0.875.